The Kier molecular flexibility index (Phi) is 10.00. The van der Waals surface area contributed by atoms with Gasteiger partial charge in [0, 0.05) is 25.9 Å². The van der Waals surface area contributed by atoms with E-state index in [1.54, 1.807) is 11.1 Å². The molecule has 4 heterocycles. The maximum Gasteiger partial charge on any atom is 0.405 e. The van der Waals surface area contributed by atoms with E-state index >= 15 is 0 Å². The molecular formula is C43H48N8O4. The summed E-state index contributed by atoms with van der Waals surface area (Å²) in [4.78, 5) is 61.4. The van der Waals surface area contributed by atoms with E-state index < -0.39 is 11.7 Å². The lowest BCUT2D eigenvalue weighted by Gasteiger charge is -2.34. The molecule has 1 saturated carbocycles. The van der Waals surface area contributed by atoms with E-state index in [1.165, 1.54) is 0 Å². The van der Waals surface area contributed by atoms with Gasteiger partial charge in [0.15, 0.2) is 5.60 Å². The van der Waals surface area contributed by atoms with Gasteiger partial charge in [0.2, 0.25) is 5.91 Å². The van der Waals surface area contributed by atoms with Crippen LogP contribution in [0.5, 0.6) is 0 Å². The molecule has 12 heteroatoms. The number of primary amides is 1. The molecule has 3 fully saturated rings. The number of carbonyl (C=O) groups is 3. The number of carbonyl (C=O) groups excluding carboxylic acids is 3. The second kappa shape index (κ2) is 15.2. The summed E-state index contributed by atoms with van der Waals surface area (Å²) < 4.78 is 5.22. The zero-order chi connectivity index (χ0) is 38.1. The topological polar surface area (TPSA) is 154 Å². The normalized spacial score (nSPS) is 19.5. The molecule has 0 radical (unpaired) electrons. The zero-order valence-electron chi connectivity index (χ0n) is 31.4. The number of nitrogens with one attached hydrogen (secondary N) is 2. The van der Waals surface area contributed by atoms with Crippen molar-refractivity contribution >= 4 is 17.9 Å². The van der Waals surface area contributed by atoms with Gasteiger partial charge in [-0.2, -0.15) is 0 Å². The van der Waals surface area contributed by atoms with Crippen LogP contribution in [-0.2, 0) is 14.3 Å². The van der Waals surface area contributed by atoms with Crippen molar-refractivity contribution in [1.82, 2.24) is 34.6 Å². The third-order valence-electron chi connectivity index (χ3n) is 11.5. The molecule has 3 atom stereocenters. The summed E-state index contributed by atoms with van der Waals surface area (Å²) in [5, 5.41) is 0. The molecule has 3 amide bonds. The van der Waals surface area contributed by atoms with Gasteiger partial charge in [-0.25, -0.2) is 14.8 Å². The molecule has 2 aliphatic heterocycles. The smallest absolute Gasteiger partial charge is 0.405 e. The van der Waals surface area contributed by atoms with Crippen LogP contribution < -0.4 is 5.73 Å². The first-order valence-corrected chi connectivity index (χ1v) is 19.5. The predicted molar refractivity (Wildman–Crippen MR) is 209 cm³/mol. The molecule has 0 spiro atoms. The Bertz CT molecular complexity index is 2140. The number of aromatic nitrogens is 4. The van der Waals surface area contributed by atoms with Gasteiger partial charge in [0.25, 0.3) is 5.91 Å². The standard InChI is InChI=1S/C43H48N8O4/c1-3-49(4-2)37(32-10-6-5-7-11-32)40(52)50-24-8-12-35(50)38-45-26-33(47-38)30-18-14-28(15-19-30)29-16-20-31(21-17-29)34-27-46-39(48-34)36-13-9-25-51(36)41(53)43(22-23-43)55-42(44)54/h5-7,10-11,14-21,26-27,35-37H,3-4,8-9,12-13,22-25H2,1-2H3,(H2,44,54)(H,45,47)(H,46,48)/t35-,36-,37+/m0/s1. The fraction of sp³-hybridized carbons (Fsp3) is 0.372. The van der Waals surface area contributed by atoms with Crippen LogP contribution in [0.1, 0.15) is 87.7 Å². The van der Waals surface area contributed by atoms with E-state index in [0.717, 1.165) is 96.2 Å². The van der Waals surface area contributed by atoms with E-state index in [9.17, 15) is 14.4 Å². The quantitative estimate of drug-likeness (QED) is 0.123. The number of hydrogen-bond donors (Lipinski definition) is 3. The Hall–Kier alpha value is -5.75. The summed E-state index contributed by atoms with van der Waals surface area (Å²) in [6.45, 7) is 7.11. The Morgan fingerprint density at radius 3 is 1.75 bits per heavy atom. The lowest BCUT2D eigenvalue weighted by Crippen LogP contribution is -2.43. The molecule has 0 bridgehead atoms. The van der Waals surface area contributed by atoms with Crippen LogP contribution in [-0.4, -0.2) is 84.3 Å². The van der Waals surface area contributed by atoms with Crippen LogP contribution >= 0.6 is 0 Å². The second-order valence-corrected chi connectivity index (χ2v) is 14.8. The maximum atomic E-state index is 14.2. The minimum atomic E-state index is -1.11. The average molecular weight is 741 g/mol. The van der Waals surface area contributed by atoms with Crippen molar-refractivity contribution in [2.45, 2.75) is 76.1 Å². The van der Waals surface area contributed by atoms with E-state index in [2.05, 4.69) is 94.4 Å². The summed E-state index contributed by atoms with van der Waals surface area (Å²) in [5.74, 6) is 1.49. The summed E-state index contributed by atoms with van der Waals surface area (Å²) in [7, 11) is 0. The molecule has 3 aliphatic rings. The number of likely N-dealkylation sites (N-methyl/N-ethyl adjacent to an activating group) is 1. The summed E-state index contributed by atoms with van der Waals surface area (Å²) in [6, 6.07) is 26.2. The van der Waals surface area contributed by atoms with Crippen LogP contribution in [0.3, 0.4) is 0 Å². The molecule has 12 nitrogen and oxygen atoms in total. The van der Waals surface area contributed by atoms with E-state index in [-0.39, 0.29) is 29.9 Å². The van der Waals surface area contributed by atoms with Crippen LogP contribution in [0.2, 0.25) is 0 Å². The van der Waals surface area contributed by atoms with E-state index in [1.807, 2.05) is 29.3 Å². The number of likely N-dealkylation sites (tertiary alicyclic amines) is 2. The molecular weight excluding hydrogens is 693 g/mol. The molecule has 5 aromatic rings. The van der Waals surface area contributed by atoms with Crippen molar-refractivity contribution < 1.29 is 19.1 Å². The van der Waals surface area contributed by atoms with Gasteiger partial charge in [0.05, 0.1) is 35.9 Å². The molecule has 3 aromatic carbocycles. The predicted octanol–water partition coefficient (Wildman–Crippen LogP) is 7.17. The molecule has 4 N–H and O–H groups in total. The highest BCUT2D eigenvalue weighted by molar-refractivity contribution is 5.91. The van der Waals surface area contributed by atoms with Crippen molar-refractivity contribution in [2.24, 2.45) is 5.73 Å². The number of amides is 3. The van der Waals surface area contributed by atoms with Gasteiger partial charge in [-0.1, -0.05) is 92.7 Å². The first kappa shape index (κ1) is 36.2. The average Bonchev–Trinajstić information content (AvgIpc) is 3.79. The SMILES string of the molecule is CCN(CC)[C@@H](C(=O)N1CCC[C@H]1c1ncc(-c2ccc(-c3ccc(-c4cnc([C@@H]5CCCN5C(=O)C5(OC(N)=O)CC5)[nH]4)cc3)cc2)[nH]1)c1ccccc1. The number of nitrogens with two attached hydrogens (primary N) is 1. The third-order valence-corrected chi connectivity index (χ3v) is 11.5. The van der Waals surface area contributed by atoms with Gasteiger partial charge < -0.3 is 30.2 Å². The van der Waals surface area contributed by atoms with Crippen molar-refractivity contribution in [3.63, 3.8) is 0 Å². The molecule has 0 unspecified atom stereocenters. The van der Waals surface area contributed by atoms with Gasteiger partial charge in [-0.3, -0.25) is 14.5 Å². The summed E-state index contributed by atoms with van der Waals surface area (Å²) >= 11 is 0. The van der Waals surface area contributed by atoms with Crippen LogP contribution in [0.15, 0.2) is 91.3 Å². The summed E-state index contributed by atoms with van der Waals surface area (Å²) in [6.07, 6.45) is 7.20. The van der Waals surface area contributed by atoms with Gasteiger partial charge in [0.1, 0.15) is 17.7 Å². The fourth-order valence-electron chi connectivity index (χ4n) is 8.42. The highest BCUT2D eigenvalue weighted by Crippen LogP contribution is 2.45. The molecule has 55 heavy (non-hydrogen) atoms. The number of ether oxygens (including phenoxy) is 1. The molecule has 284 valence electrons. The first-order chi connectivity index (χ1) is 26.8. The number of rotatable bonds is 12. The molecule has 2 aromatic heterocycles. The second-order valence-electron chi connectivity index (χ2n) is 14.8. The number of aromatic amines is 2. The fourth-order valence-corrected chi connectivity index (χ4v) is 8.42. The van der Waals surface area contributed by atoms with Crippen LogP contribution in [0.4, 0.5) is 4.79 Å². The van der Waals surface area contributed by atoms with Crippen molar-refractivity contribution in [1.29, 1.82) is 0 Å². The number of hydrogen-bond acceptors (Lipinski definition) is 7. The third kappa shape index (κ3) is 7.14. The van der Waals surface area contributed by atoms with Crippen molar-refractivity contribution in [2.75, 3.05) is 26.2 Å². The van der Waals surface area contributed by atoms with Gasteiger partial charge >= 0.3 is 6.09 Å². The molecule has 1 aliphatic carbocycles. The monoisotopic (exact) mass is 740 g/mol. The van der Waals surface area contributed by atoms with Crippen LogP contribution in [0, 0.1) is 0 Å². The van der Waals surface area contributed by atoms with Crippen molar-refractivity contribution in [3.8, 4) is 33.6 Å². The number of imidazole rings is 2. The minimum absolute atomic E-state index is 0.0934. The van der Waals surface area contributed by atoms with Crippen LogP contribution in [0.25, 0.3) is 33.6 Å². The lowest BCUT2D eigenvalue weighted by atomic mass is 10.0. The number of benzene rings is 3. The Morgan fingerprint density at radius 1 is 0.764 bits per heavy atom. The molecule has 8 rings (SSSR count). The minimum Gasteiger partial charge on any atom is -0.433 e. The Labute approximate surface area is 321 Å². The van der Waals surface area contributed by atoms with Gasteiger partial charge in [-0.15, -0.1) is 0 Å². The summed E-state index contributed by atoms with van der Waals surface area (Å²) in [5.41, 5.74) is 11.1. The molecule has 2 saturated heterocycles. The first-order valence-electron chi connectivity index (χ1n) is 19.5. The highest BCUT2D eigenvalue weighted by Gasteiger charge is 2.57. The maximum absolute atomic E-state index is 14.2. The van der Waals surface area contributed by atoms with E-state index in [0.29, 0.717) is 19.4 Å². The number of nitrogens with zero attached hydrogens (tertiary/aromatic N) is 5. The largest absolute Gasteiger partial charge is 0.433 e. The number of H-pyrrole nitrogens is 2. The highest BCUT2D eigenvalue weighted by atomic mass is 16.6. The van der Waals surface area contributed by atoms with Gasteiger partial charge in [-0.05, 0) is 66.6 Å². The lowest BCUT2D eigenvalue weighted by molar-refractivity contribution is -0.143. The Morgan fingerprint density at radius 2 is 1.25 bits per heavy atom. The van der Waals surface area contributed by atoms with E-state index in [4.69, 9.17) is 15.5 Å². The van der Waals surface area contributed by atoms with Crippen molar-refractivity contribution in [3.05, 3.63) is 108 Å². The Balaban J connectivity index is 0.931. The zero-order valence-corrected chi connectivity index (χ0v) is 31.4.